The van der Waals surface area contributed by atoms with Crippen LogP contribution in [0.1, 0.15) is 9.67 Å². The van der Waals surface area contributed by atoms with Crippen molar-refractivity contribution < 1.29 is 4.79 Å². The lowest BCUT2D eigenvalue weighted by Gasteiger charge is -2.03. The maximum atomic E-state index is 10.7. The molecule has 0 saturated heterocycles. The fourth-order valence-corrected chi connectivity index (χ4v) is 2.74. The summed E-state index contributed by atoms with van der Waals surface area (Å²) in [5.41, 5.74) is 3.13. The maximum absolute atomic E-state index is 10.7. The van der Waals surface area contributed by atoms with Gasteiger partial charge in [-0.15, -0.1) is 11.3 Å². The molecule has 2 heterocycles. The maximum Gasteiger partial charge on any atom is 0.160 e. The minimum absolute atomic E-state index is 0.744. The summed E-state index contributed by atoms with van der Waals surface area (Å²) in [6.07, 6.45) is 2.69. The van der Waals surface area contributed by atoms with Gasteiger partial charge in [0.05, 0.1) is 10.6 Å². The lowest BCUT2D eigenvalue weighted by molar-refractivity contribution is 0.112. The minimum atomic E-state index is 0.744. The van der Waals surface area contributed by atoms with Crippen LogP contribution < -0.4 is 0 Å². The smallest absolute Gasteiger partial charge is 0.160 e. The first-order chi connectivity index (χ1) is 9.36. The van der Waals surface area contributed by atoms with Gasteiger partial charge in [0, 0.05) is 16.6 Å². The van der Waals surface area contributed by atoms with E-state index in [4.69, 9.17) is 0 Å². The highest BCUT2D eigenvalue weighted by Gasteiger charge is 2.05. The van der Waals surface area contributed by atoms with Crippen molar-refractivity contribution in [3.05, 3.63) is 65.7 Å². The molecule has 0 spiro atoms. The van der Waals surface area contributed by atoms with Crippen LogP contribution >= 0.6 is 11.3 Å². The molecule has 19 heavy (non-hydrogen) atoms. The minimum Gasteiger partial charge on any atom is -0.297 e. The summed E-state index contributed by atoms with van der Waals surface area (Å²) in [5, 5.41) is 0. The Morgan fingerprint density at radius 3 is 2.53 bits per heavy atom. The molecule has 3 heteroatoms. The molecule has 0 atom stereocenters. The molecule has 0 aliphatic carbocycles. The second-order valence-corrected chi connectivity index (χ2v) is 5.23. The van der Waals surface area contributed by atoms with E-state index in [2.05, 4.69) is 11.1 Å². The molecule has 0 radical (unpaired) electrons. The first-order valence-electron chi connectivity index (χ1n) is 5.94. The van der Waals surface area contributed by atoms with Crippen molar-refractivity contribution in [2.75, 3.05) is 0 Å². The van der Waals surface area contributed by atoms with Crippen LogP contribution in [0.15, 0.2) is 60.8 Å². The Balaban J connectivity index is 2.02. The lowest BCUT2D eigenvalue weighted by atomic mass is 10.1. The third-order valence-electron chi connectivity index (χ3n) is 2.86. The van der Waals surface area contributed by atoms with Gasteiger partial charge in [-0.2, -0.15) is 0 Å². The second-order valence-electron chi connectivity index (χ2n) is 4.12. The van der Waals surface area contributed by atoms with Crippen molar-refractivity contribution in [3.8, 4) is 21.7 Å². The van der Waals surface area contributed by atoms with Crippen LogP contribution in [0.25, 0.3) is 21.7 Å². The van der Waals surface area contributed by atoms with E-state index in [1.165, 1.54) is 11.3 Å². The zero-order valence-electron chi connectivity index (χ0n) is 10.1. The Labute approximate surface area is 115 Å². The van der Waals surface area contributed by atoms with E-state index >= 15 is 0 Å². The summed E-state index contributed by atoms with van der Waals surface area (Å²) in [7, 11) is 0. The molecule has 0 aliphatic heterocycles. The van der Waals surface area contributed by atoms with Crippen molar-refractivity contribution in [1.82, 2.24) is 4.98 Å². The monoisotopic (exact) mass is 265 g/mol. The Morgan fingerprint density at radius 2 is 1.79 bits per heavy atom. The van der Waals surface area contributed by atoms with E-state index in [1.54, 1.807) is 6.20 Å². The van der Waals surface area contributed by atoms with E-state index in [0.717, 1.165) is 32.9 Å². The number of aromatic nitrogens is 1. The number of hydrogen-bond donors (Lipinski definition) is 0. The number of rotatable bonds is 3. The Morgan fingerprint density at radius 1 is 0.947 bits per heavy atom. The fourth-order valence-electron chi connectivity index (χ4n) is 1.92. The zero-order valence-corrected chi connectivity index (χ0v) is 10.9. The number of aldehydes is 1. The van der Waals surface area contributed by atoms with Crippen molar-refractivity contribution in [2.45, 2.75) is 0 Å². The molecule has 92 valence electrons. The van der Waals surface area contributed by atoms with Gasteiger partial charge < -0.3 is 0 Å². The summed E-state index contributed by atoms with van der Waals surface area (Å²) in [6.45, 7) is 0. The number of nitrogens with zero attached hydrogens (tertiary/aromatic N) is 1. The van der Waals surface area contributed by atoms with Gasteiger partial charge in [0.2, 0.25) is 0 Å². The van der Waals surface area contributed by atoms with Crippen molar-refractivity contribution in [1.29, 1.82) is 0 Å². The summed E-state index contributed by atoms with van der Waals surface area (Å²) in [4.78, 5) is 17.0. The molecule has 0 bridgehead atoms. The molecular weight excluding hydrogens is 254 g/mol. The standard InChI is InChI=1S/C16H11NOS/c18-11-14-6-7-16(19-14)13-8-9-17-15(10-13)12-4-2-1-3-5-12/h1-11H. The predicted molar refractivity (Wildman–Crippen MR) is 78.4 cm³/mol. The van der Waals surface area contributed by atoms with Crippen LogP contribution in [0, 0.1) is 0 Å². The van der Waals surface area contributed by atoms with E-state index in [0.29, 0.717) is 0 Å². The number of thiophene rings is 1. The molecule has 2 aromatic heterocycles. The van der Waals surface area contributed by atoms with Gasteiger partial charge in [0.15, 0.2) is 6.29 Å². The first kappa shape index (κ1) is 11.8. The van der Waals surface area contributed by atoms with Gasteiger partial charge in [0.1, 0.15) is 0 Å². The molecule has 0 amide bonds. The molecule has 0 N–H and O–H groups in total. The van der Waals surface area contributed by atoms with Gasteiger partial charge in [-0.05, 0) is 29.8 Å². The van der Waals surface area contributed by atoms with Crippen LogP contribution in [-0.4, -0.2) is 11.3 Å². The van der Waals surface area contributed by atoms with Gasteiger partial charge in [0.25, 0.3) is 0 Å². The summed E-state index contributed by atoms with van der Waals surface area (Å²) in [6, 6.07) is 17.9. The van der Waals surface area contributed by atoms with Gasteiger partial charge >= 0.3 is 0 Å². The van der Waals surface area contributed by atoms with E-state index in [-0.39, 0.29) is 0 Å². The SMILES string of the molecule is O=Cc1ccc(-c2ccnc(-c3ccccc3)c2)s1. The zero-order chi connectivity index (χ0) is 13.1. The molecule has 2 nitrogen and oxygen atoms in total. The highest BCUT2D eigenvalue weighted by atomic mass is 32.1. The van der Waals surface area contributed by atoms with E-state index in [9.17, 15) is 4.79 Å². The predicted octanol–water partition coefficient (Wildman–Crippen LogP) is 4.29. The van der Waals surface area contributed by atoms with Crippen molar-refractivity contribution in [3.63, 3.8) is 0 Å². The van der Waals surface area contributed by atoms with Crippen LogP contribution in [0.2, 0.25) is 0 Å². The number of pyridine rings is 1. The van der Waals surface area contributed by atoms with Crippen molar-refractivity contribution >= 4 is 17.6 Å². The highest BCUT2D eigenvalue weighted by molar-refractivity contribution is 7.17. The van der Waals surface area contributed by atoms with Gasteiger partial charge in [-0.3, -0.25) is 9.78 Å². The topological polar surface area (TPSA) is 30.0 Å². The third kappa shape index (κ3) is 2.46. The fraction of sp³-hybridized carbons (Fsp3) is 0. The summed E-state index contributed by atoms with van der Waals surface area (Å²) >= 11 is 1.49. The third-order valence-corrected chi connectivity index (χ3v) is 3.92. The summed E-state index contributed by atoms with van der Waals surface area (Å²) < 4.78 is 0. The average Bonchev–Trinajstić information content (AvgIpc) is 2.97. The van der Waals surface area contributed by atoms with Crippen LogP contribution in [0.5, 0.6) is 0 Å². The number of benzene rings is 1. The van der Waals surface area contributed by atoms with Crippen LogP contribution in [0.3, 0.4) is 0 Å². The Hall–Kier alpha value is -2.26. The Kier molecular flexibility index (Phi) is 3.21. The number of hydrogen-bond acceptors (Lipinski definition) is 3. The second kappa shape index (κ2) is 5.16. The average molecular weight is 265 g/mol. The first-order valence-corrected chi connectivity index (χ1v) is 6.75. The Bertz CT molecular complexity index is 704. The number of carbonyl (C=O) groups is 1. The molecule has 3 aromatic rings. The molecule has 0 unspecified atom stereocenters. The van der Waals surface area contributed by atoms with Crippen LogP contribution in [-0.2, 0) is 0 Å². The molecule has 0 fully saturated rings. The lowest BCUT2D eigenvalue weighted by Crippen LogP contribution is -1.83. The van der Waals surface area contributed by atoms with Gasteiger partial charge in [-0.25, -0.2) is 0 Å². The molecule has 1 aromatic carbocycles. The normalized spacial score (nSPS) is 10.3. The van der Waals surface area contributed by atoms with Gasteiger partial charge in [-0.1, -0.05) is 30.3 Å². The van der Waals surface area contributed by atoms with Crippen LogP contribution in [0.4, 0.5) is 0 Å². The quantitative estimate of drug-likeness (QED) is 0.661. The van der Waals surface area contributed by atoms with Crippen molar-refractivity contribution in [2.24, 2.45) is 0 Å². The molecule has 3 rings (SSSR count). The van der Waals surface area contributed by atoms with E-state index in [1.807, 2.05) is 48.5 Å². The molecular formula is C16H11NOS. The molecule has 0 aliphatic rings. The van der Waals surface area contributed by atoms with E-state index < -0.39 is 0 Å². The largest absolute Gasteiger partial charge is 0.297 e. The summed E-state index contributed by atoms with van der Waals surface area (Å²) in [5.74, 6) is 0. The number of carbonyl (C=O) groups excluding carboxylic acids is 1. The highest BCUT2D eigenvalue weighted by Crippen LogP contribution is 2.29. The molecule has 0 saturated carbocycles.